The zero-order valence-electron chi connectivity index (χ0n) is 9.72. The van der Waals surface area contributed by atoms with Gasteiger partial charge >= 0.3 is 0 Å². The van der Waals surface area contributed by atoms with Crippen molar-refractivity contribution in [2.75, 3.05) is 6.54 Å². The molecular weight excluding hydrogens is 190 g/mol. The van der Waals surface area contributed by atoms with Crippen LogP contribution in [0.25, 0.3) is 0 Å². The molecule has 0 spiro atoms. The van der Waals surface area contributed by atoms with E-state index in [0.29, 0.717) is 6.10 Å². The molecule has 14 heavy (non-hydrogen) atoms. The van der Waals surface area contributed by atoms with Crippen molar-refractivity contribution in [3.8, 4) is 0 Å². The summed E-state index contributed by atoms with van der Waals surface area (Å²) >= 11 is 0. The summed E-state index contributed by atoms with van der Waals surface area (Å²) < 4.78 is 6.16. The maximum absolute atomic E-state index is 6.16. The summed E-state index contributed by atoms with van der Waals surface area (Å²) in [5, 5.41) is 0. The SMILES string of the molecule is C[Si]1(C)CCCC(CCCCCN)O1. The van der Waals surface area contributed by atoms with Crippen molar-refractivity contribution >= 4 is 8.32 Å². The average molecular weight is 215 g/mol. The first-order valence-corrected chi connectivity index (χ1v) is 9.13. The van der Waals surface area contributed by atoms with Gasteiger partial charge in [0.2, 0.25) is 0 Å². The summed E-state index contributed by atoms with van der Waals surface area (Å²) in [4.78, 5) is 0. The Morgan fingerprint density at radius 2 is 2.07 bits per heavy atom. The van der Waals surface area contributed by atoms with Crippen LogP contribution in [0.3, 0.4) is 0 Å². The average Bonchev–Trinajstić information content (AvgIpc) is 2.11. The predicted octanol–water partition coefficient (Wildman–Crippen LogP) is 2.89. The van der Waals surface area contributed by atoms with Crippen molar-refractivity contribution in [2.45, 2.75) is 63.8 Å². The lowest BCUT2D eigenvalue weighted by Crippen LogP contribution is -2.39. The van der Waals surface area contributed by atoms with Crippen LogP contribution in [0, 0.1) is 0 Å². The Balaban J connectivity index is 2.12. The Bertz CT molecular complexity index is 161. The van der Waals surface area contributed by atoms with E-state index in [1.165, 1.54) is 44.6 Å². The maximum Gasteiger partial charge on any atom is 0.187 e. The molecule has 0 saturated carbocycles. The highest BCUT2D eigenvalue weighted by molar-refractivity contribution is 6.71. The van der Waals surface area contributed by atoms with Gasteiger partial charge in [-0.25, -0.2) is 0 Å². The lowest BCUT2D eigenvalue weighted by atomic mass is 10.1. The van der Waals surface area contributed by atoms with E-state index in [1.54, 1.807) is 0 Å². The van der Waals surface area contributed by atoms with Crippen molar-refractivity contribution in [1.82, 2.24) is 0 Å². The molecule has 1 aliphatic rings. The van der Waals surface area contributed by atoms with Gasteiger partial charge in [0.25, 0.3) is 0 Å². The summed E-state index contributed by atoms with van der Waals surface area (Å²) in [6.07, 6.45) is 8.26. The molecule has 1 heterocycles. The first kappa shape index (κ1) is 12.2. The highest BCUT2D eigenvalue weighted by Gasteiger charge is 2.30. The Morgan fingerprint density at radius 3 is 2.71 bits per heavy atom. The monoisotopic (exact) mass is 215 g/mol. The Morgan fingerprint density at radius 1 is 1.29 bits per heavy atom. The molecule has 1 rings (SSSR count). The fourth-order valence-corrected chi connectivity index (χ4v) is 4.53. The summed E-state index contributed by atoms with van der Waals surface area (Å²) in [5.74, 6) is 0. The van der Waals surface area contributed by atoms with Gasteiger partial charge in [-0.15, -0.1) is 0 Å². The quantitative estimate of drug-likeness (QED) is 0.565. The van der Waals surface area contributed by atoms with Crippen LogP contribution in [0.2, 0.25) is 19.1 Å². The van der Waals surface area contributed by atoms with Gasteiger partial charge in [-0.3, -0.25) is 0 Å². The van der Waals surface area contributed by atoms with Gasteiger partial charge in [-0.05, 0) is 44.9 Å². The van der Waals surface area contributed by atoms with Gasteiger partial charge in [-0.2, -0.15) is 0 Å². The van der Waals surface area contributed by atoms with Crippen molar-refractivity contribution < 1.29 is 4.43 Å². The minimum Gasteiger partial charge on any atom is -0.414 e. The molecule has 3 heteroatoms. The summed E-state index contributed by atoms with van der Waals surface area (Å²) in [6, 6.07) is 1.35. The van der Waals surface area contributed by atoms with Crippen molar-refractivity contribution in [3.05, 3.63) is 0 Å². The lowest BCUT2D eigenvalue weighted by Gasteiger charge is -2.34. The number of rotatable bonds is 5. The van der Waals surface area contributed by atoms with Crippen molar-refractivity contribution in [1.29, 1.82) is 0 Å². The number of nitrogens with two attached hydrogens (primary N) is 1. The zero-order chi connectivity index (χ0) is 10.4. The second-order valence-corrected chi connectivity index (χ2v) is 9.28. The van der Waals surface area contributed by atoms with E-state index in [4.69, 9.17) is 10.2 Å². The molecule has 0 radical (unpaired) electrons. The third-order valence-electron chi connectivity index (χ3n) is 3.02. The Kier molecular flexibility index (Phi) is 5.13. The van der Waals surface area contributed by atoms with Crippen LogP contribution in [0.1, 0.15) is 38.5 Å². The van der Waals surface area contributed by atoms with E-state index in [2.05, 4.69) is 13.1 Å². The van der Waals surface area contributed by atoms with Gasteiger partial charge < -0.3 is 10.2 Å². The van der Waals surface area contributed by atoms with Crippen molar-refractivity contribution in [3.63, 3.8) is 0 Å². The standard InChI is InChI=1S/C11H25NOSi/c1-14(2)10-6-8-11(13-14)7-4-3-5-9-12/h11H,3-10,12H2,1-2H3. The van der Waals surface area contributed by atoms with Crippen LogP contribution >= 0.6 is 0 Å². The molecule has 0 aromatic rings. The second kappa shape index (κ2) is 5.88. The maximum atomic E-state index is 6.16. The predicted molar refractivity (Wildman–Crippen MR) is 63.9 cm³/mol. The third kappa shape index (κ3) is 4.58. The second-order valence-electron chi connectivity index (χ2n) is 5.03. The Labute approximate surface area is 89.3 Å². The first-order chi connectivity index (χ1) is 6.64. The molecule has 1 atom stereocenters. The molecule has 0 aromatic carbocycles. The van der Waals surface area contributed by atoms with E-state index >= 15 is 0 Å². The molecule has 0 aromatic heterocycles. The van der Waals surface area contributed by atoms with Gasteiger partial charge in [0, 0.05) is 6.10 Å². The normalized spacial score (nSPS) is 26.4. The van der Waals surface area contributed by atoms with E-state index < -0.39 is 8.32 Å². The number of hydrogen-bond donors (Lipinski definition) is 1. The molecule has 84 valence electrons. The molecule has 1 fully saturated rings. The number of hydrogen-bond acceptors (Lipinski definition) is 2. The topological polar surface area (TPSA) is 35.2 Å². The van der Waals surface area contributed by atoms with Crippen LogP contribution in [0.5, 0.6) is 0 Å². The Hall–Kier alpha value is 0.137. The number of unbranched alkanes of at least 4 members (excludes halogenated alkanes) is 2. The molecule has 2 nitrogen and oxygen atoms in total. The zero-order valence-corrected chi connectivity index (χ0v) is 10.7. The van der Waals surface area contributed by atoms with E-state index in [-0.39, 0.29) is 0 Å². The molecule has 1 aliphatic heterocycles. The van der Waals surface area contributed by atoms with Crippen LogP contribution < -0.4 is 5.73 Å². The van der Waals surface area contributed by atoms with Gasteiger partial charge in [0.1, 0.15) is 0 Å². The fraction of sp³-hybridized carbons (Fsp3) is 1.00. The molecule has 1 unspecified atom stereocenters. The third-order valence-corrected chi connectivity index (χ3v) is 5.55. The van der Waals surface area contributed by atoms with Crippen molar-refractivity contribution in [2.24, 2.45) is 5.73 Å². The lowest BCUT2D eigenvalue weighted by molar-refractivity contribution is 0.148. The van der Waals surface area contributed by atoms with Gasteiger partial charge in [0.15, 0.2) is 8.32 Å². The molecule has 0 aliphatic carbocycles. The molecule has 0 amide bonds. The summed E-state index contributed by atoms with van der Waals surface area (Å²) in [7, 11) is -1.25. The molecule has 2 N–H and O–H groups in total. The van der Waals surface area contributed by atoms with Crippen LogP contribution in [-0.2, 0) is 4.43 Å². The highest BCUT2D eigenvalue weighted by atomic mass is 28.4. The summed E-state index contributed by atoms with van der Waals surface area (Å²) in [5.41, 5.74) is 5.47. The van der Waals surface area contributed by atoms with Crippen LogP contribution in [-0.4, -0.2) is 21.0 Å². The minimum absolute atomic E-state index is 0.572. The van der Waals surface area contributed by atoms with Crippen LogP contribution in [0.4, 0.5) is 0 Å². The molecular formula is C11H25NOSi. The smallest absolute Gasteiger partial charge is 0.187 e. The molecule has 0 bridgehead atoms. The van der Waals surface area contributed by atoms with Crippen LogP contribution in [0.15, 0.2) is 0 Å². The first-order valence-electron chi connectivity index (χ1n) is 6.02. The fourth-order valence-electron chi connectivity index (χ4n) is 2.22. The van der Waals surface area contributed by atoms with Gasteiger partial charge in [0.05, 0.1) is 0 Å². The molecule has 1 saturated heterocycles. The van der Waals surface area contributed by atoms with E-state index in [0.717, 1.165) is 6.54 Å². The van der Waals surface area contributed by atoms with E-state index in [9.17, 15) is 0 Å². The highest BCUT2D eigenvalue weighted by Crippen LogP contribution is 2.28. The van der Waals surface area contributed by atoms with E-state index in [1.807, 2.05) is 0 Å². The minimum atomic E-state index is -1.25. The van der Waals surface area contributed by atoms with Gasteiger partial charge in [-0.1, -0.05) is 19.3 Å². The largest absolute Gasteiger partial charge is 0.414 e. The summed E-state index contributed by atoms with van der Waals surface area (Å²) in [6.45, 7) is 5.53.